The molecular formula is C17H9F8N5O. The number of rotatable bonds is 3. The number of alkyl halides is 8. The first-order valence-corrected chi connectivity index (χ1v) is 8.41. The summed E-state index contributed by atoms with van der Waals surface area (Å²) in [6.45, 7) is 0.659. The van der Waals surface area contributed by atoms with Crippen molar-refractivity contribution >= 4 is 16.7 Å². The first-order valence-electron chi connectivity index (χ1n) is 8.41. The Morgan fingerprint density at radius 1 is 1.00 bits per heavy atom. The lowest BCUT2D eigenvalue weighted by Gasteiger charge is -2.23. The second-order valence-electron chi connectivity index (χ2n) is 6.60. The van der Waals surface area contributed by atoms with Gasteiger partial charge >= 0.3 is 18.3 Å². The molecule has 0 saturated heterocycles. The van der Waals surface area contributed by atoms with E-state index < -0.39 is 41.1 Å². The topological polar surface area (TPSA) is 69.1 Å². The van der Waals surface area contributed by atoms with Gasteiger partial charge < -0.3 is 4.42 Å². The van der Waals surface area contributed by atoms with E-state index in [1.807, 2.05) is 0 Å². The zero-order valence-corrected chi connectivity index (χ0v) is 15.1. The van der Waals surface area contributed by atoms with E-state index >= 15 is 0 Å². The molecular weight excluding hydrogens is 442 g/mol. The average Bonchev–Trinajstić information content (AvgIpc) is 3.34. The highest BCUT2D eigenvalue weighted by molar-refractivity contribution is 5.83. The minimum absolute atomic E-state index is 0.00582. The molecule has 0 N–H and O–H groups in total. The highest BCUT2D eigenvalue weighted by Crippen LogP contribution is 2.46. The van der Waals surface area contributed by atoms with Crippen molar-refractivity contribution in [2.75, 3.05) is 0 Å². The van der Waals surface area contributed by atoms with Crippen LogP contribution in [0.5, 0.6) is 0 Å². The summed E-state index contributed by atoms with van der Waals surface area (Å²) in [5, 5.41) is 6.77. The first kappa shape index (κ1) is 20.9. The van der Waals surface area contributed by atoms with Crippen LogP contribution in [0.25, 0.3) is 28.3 Å². The fraction of sp³-hybridized carbons (Fsp3) is 0.294. The molecule has 31 heavy (non-hydrogen) atoms. The third kappa shape index (κ3) is 3.35. The van der Waals surface area contributed by atoms with E-state index in [0.717, 1.165) is 23.1 Å². The molecule has 6 nitrogen and oxygen atoms in total. The maximum Gasteiger partial charge on any atom is 0.459 e. The Hall–Kier alpha value is -3.32. The minimum Gasteiger partial charge on any atom is -0.422 e. The van der Waals surface area contributed by atoms with E-state index in [-0.39, 0.29) is 28.7 Å². The Balaban J connectivity index is 2.07. The van der Waals surface area contributed by atoms with E-state index in [4.69, 9.17) is 4.42 Å². The van der Waals surface area contributed by atoms with E-state index in [9.17, 15) is 35.1 Å². The predicted molar refractivity (Wildman–Crippen MR) is 88.2 cm³/mol. The smallest absolute Gasteiger partial charge is 0.422 e. The lowest BCUT2D eigenvalue weighted by atomic mass is 9.95. The molecule has 0 fully saturated rings. The number of nitrogens with zero attached hydrogens (tertiary/aromatic N) is 5. The maximum absolute atomic E-state index is 14.0. The monoisotopic (exact) mass is 451 g/mol. The SMILES string of the molecule is CC(c1cc(C(F)(F)C(F)(F)F)nc2c1ccc1nc(-c3nnco3)cn12)C(F)(F)F. The highest BCUT2D eigenvalue weighted by atomic mass is 19.4. The number of halogens is 8. The van der Waals surface area contributed by atoms with Crippen LogP contribution < -0.4 is 0 Å². The molecule has 4 aromatic rings. The van der Waals surface area contributed by atoms with Gasteiger partial charge in [-0.05, 0) is 30.7 Å². The fourth-order valence-electron chi connectivity index (χ4n) is 2.98. The number of fused-ring (bicyclic) bond motifs is 3. The Labute approximate surface area is 166 Å². The van der Waals surface area contributed by atoms with Gasteiger partial charge in [-0.15, -0.1) is 10.2 Å². The van der Waals surface area contributed by atoms with Crippen LogP contribution in [-0.2, 0) is 5.92 Å². The summed E-state index contributed by atoms with van der Waals surface area (Å²) < 4.78 is 113. The molecule has 0 aliphatic rings. The molecule has 4 aromatic heterocycles. The van der Waals surface area contributed by atoms with Crippen LogP contribution in [0.3, 0.4) is 0 Å². The van der Waals surface area contributed by atoms with Gasteiger partial charge in [-0.25, -0.2) is 9.97 Å². The quantitative estimate of drug-likeness (QED) is 0.398. The normalized spacial score (nSPS) is 14.5. The van der Waals surface area contributed by atoms with Crippen LogP contribution in [0.15, 0.2) is 35.2 Å². The first-order chi connectivity index (χ1) is 14.3. The van der Waals surface area contributed by atoms with Gasteiger partial charge in [0.25, 0.3) is 5.89 Å². The number of aromatic nitrogens is 5. The summed E-state index contributed by atoms with van der Waals surface area (Å²) in [4.78, 5) is 7.44. The molecule has 164 valence electrons. The molecule has 1 atom stereocenters. The molecule has 0 aliphatic heterocycles. The Kier molecular flexibility index (Phi) is 4.45. The summed E-state index contributed by atoms with van der Waals surface area (Å²) in [7, 11) is 0. The molecule has 0 spiro atoms. The number of hydrogen-bond acceptors (Lipinski definition) is 5. The Bertz CT molecular complexity index is 1260. The molecule has 0 aromatic carbocycles. The summed E-state index contributed by atoms with van der Waals surface area (Å²) in [5.41, 5.74) is -3.19. The van der Waals surface area contributed by atoms with Gasteiger partial charge in [-0.2, -0.15) is 35.1 Å². The number of imidazole rings is 1. The molecule has 4 rings (SSSR count). The van der Waals surface area contributed by atoms with Crippen LogP contribution >= 0.6 is 0 Å². The van der Waals surface area contributed by atoms with Crippen LogP contribution in [0, 0.1) is 0 Å². The van der Waals surface area contributed by atoms with E-state index in [1.165, 1.54) is 6.07 Å². The van der Waals surface area contributed by atoms with Crippen molar-refractivity contribution in [1.29, 1.82) is 0 Å². The number of pyridine rings is 2. The van der Waals surface area contributed by atoms with Crippen LogP contribution in [-0.4, -0.2) is 36.9 Å². The van der Waals surface area contributed by atoms with Gasteiger partial charge in [0.1, 0.15) is 22.7 Å². The molecule has 4 heterocycles. The summed E-state index contributed by atoms with van der Waals surface area (Å²) >= 11 is 0. The Morgan fingerprint density at radius 2 is 1.71 bits per heavy atom. The molecule has 0 radical (unpaired) electrons. The van der Waals surface area contributed by atoms with E-state index in [1.54, 1.807) is 0 Å². The largest absolute Gasteiger partial charge is 0.459 e. The van der Waals surface area contributed by atoms with Gasteiger partial charge in [0.05, 0.1) is 5.92 Å². The van der Waals surface area contributed by atoms with E-state index in [2.05, 4.69) is 20.2 Å². The minimum atomic E-state index is -6.07. The van der Waals surface area contributed by atoms with Crippen LogP contribution in [0.4, 0.5) is 35.1 Å². The van der Waals surface area contributed by atoms with Crippen molar-refractivity contribution < 1.29 is 39.5 Å². The van der Waals surface area contributed by atoms with Gasteiger partial charge in [-0.3, -0.25) is 4.40 Å². The van der Waals surface area contributed by atoms with Crippen molar-refractivity contribution in [2.24, 2.45) is 0 Å². The van der Waals surface area contributed by atoms with Crippen molar-refractivity contribution in [2.45, 2.75) is 31.1 Å². The van der Waals surface area contributed by atoms with Crippen molar-refractivity contribution in [3.05, 3.63) is 42.0 Å². The summed E-state index contributed by atoms with van der Waals surface area (Å²) in [6.07, 6.45) is -8.86. The predicted octanol–water partition coefficient (Wildman–Crippen LogP) is 5.25. The molecule has 0 amide bonds. The molecule has 0 bridgehead atoms. The Morgan fingerprint density at radius 3 is 2.29 bits per heavy atom. The number of hydrogen-bond donors (Lipinski definition) is 0. The third-order valence-electron chi connectivity index (χ3n) is 4.65. The van der Waals surface area contributed by atoms with Crippen LogP contribution in [0.1, 0.15) is 24.1 Å². The zero-order valence-electron chi connectivity index (χ0n) is 15.1. The second kappa shape index (κ2) is 6.59. The molecule has 14 heteroatoms. The lowest BCUT2D eigenvalue weighted by molar-refractivity contribution is -0.290. The maximum atomic E-state index is 14.0. The van der Waals surface area contributed by atoms with Crippen LogP contribution in [0.2, 0.25) is 0 Å². The van der Waals surface area contributed by atoms with Gasteiger partial charge in [-0.1, -0.05) is 0 Å². The van der Waals surface area contributed by atoms with Gasteiger partial charge in [0, 0.05) is 11.6 Å². The fourth-order valence-corrected chi connectivity index (χ4v) is 2.98. The standard InChI is InChI=1S/C17H9F8N5O/c1-7(16(20,21)22)9-4-11(15(18,19)17(23,24)25)28-13-8(9)2-3-12-27-10(5-30(12)13)14-29-26-6-31-14/h2-7H,1H3. The van der Waals surface area contributed by atoms with E-state index in [0.29, 0.717) is 6.92 Å². The molecule has 0 aliphatic carbocycles. The lowest BCUT2D eigenvalue weighted by Crippen LogP contribution is -2.35. The van der Waals surface area contributed by atoms with Crippen molar-refractivity contribution in [3.63, 3.8) is 0 Å². The van der Waals surface area contributed by atoms with Gasteiger partial charge in [0.2, 0.25) is 6.39 Å². The summed E-state index contributed by atoms with van der Waals surface area (Å²) in [6, 6.07) is 2.52. The second-order valence-corrected chi connectivity index (χ2v) is 6.60. The zero-order chi connectivity index (χ0) is 22.8. The summed E-state index contributed by atoms with van der Waals surface area (Å²) in [5.74, 6) is -7.94. The molecule has 1 unspecified atom stereocenters. The third-order valence-corrected chi connectivity index (χ3v) is 4.65. The van der Waals surface area contributed by atoms with Gasteiger partial charge in [0.15, 0.2) is 0 Å². The molecule has 0 saturated carbocycles. The highest BCUT2D eigenvalue weighted by Gasteiger charge is 2.60. The van der Waals surface area contributed by atoms with Crippen molar-refractivity contribution in [3.8, 4) is 11.6 Å². The average molecular weight is 451 g/mol. The van der Waals surface area contributed by atoms with Crippen molar-refractivity contribution in [1.82, 2.24) is 24.6 Å².